The maximum absolute atomic E-state index is 13.1. The zero-order chi connectivity index (χ0) is 23.5. The van der Waals surface area contributed by atoms with Crippen molar-refractivity contribution in [2.45, 2.75) is 31.1 Å². The molecule has 9 heteroatoms. The summed E-state index contributed by atoms with van der Waals surface area (Å²) in [5.74, 6) is 0.876. The number of rotatable bonds is 7. The molecule has 2 aromatic rings. The zero-order valence-electron chi connectivity index (χ0n) is 18.8. The van der Waals surface area contributed by atoms with E-state index in [0.29, 0.717) is 23.0 Å². The summed E-state index contributed by atoms with van der Waals surface area (Å²) in [4.78, 5) is 14.9. The fourth-order valence-corrected chi connectivity index (χ4v) is 5.42. The van der Waals surface area contributed by atoms with Gasteiger partial charge in [0.2, 0.25) is 10.0 Å². The molecule has 7 nitrogen and oxygen atoms in total. The molecule has 1 saturated heterocycles. The first-order chi connectivity index (χ1) is 15.2. The smallest absolute Gasteiger partial charge is 0.254 e. The highest BCUT2D eigenvalue weighted by Gasteiger charge is 2.31. The third-order valence-electron chi connectivity index (χ3n) is 5.91. The summed E-state index contributed by atoms with van der Waals surface area (Å²) in [6.45, 7) is 5.24. The minimum atomic E-state index is -3.61. The molecule has 32 heavy (non-hydrogen) atoms. The van der Waals surface area contributed by atoms with Gasteiger partial charge in [0.05, 0.1) is 24.1 Å². The number of amides is 1. The van der Waals surface area contributed by atoms with E-state index in [4.69, 9.17) is 21.1 Å². The van der Waals surface area contributed by atoms with Crippen molar-refractivity contribution < 1.29 is 22.7 Å². The van der Waals surface area contributed by atoms with Crippen LogP contribution in [0.5, 0.6) is 11.5 Å². The van der Waals surface area contributed by atoms with Gasteiger partial charge in [0.25, 0.3) is 5.91 Å². The van der Waals surface area contributed by atoms with E-state index in [1.807, 2.05) is 12.1 Å². The third-order valence-corrected chi connectivity index (χ3v) is 8.10. The Morgan fingerprint density at radius 2 is 1.69 bits per heavy atom. The number of hydrogen-bond donors (Lipinski definition) is 0. The first kappa shape index (κ1) is 24.4. The van der Waals surface area contributed by atoms with Crippen molar-refractivity contribution in [3.63, 3.8) is 0 Å². The molecule has 0 bridgehead atoms. The van der Waals surface area contributed by atoms with Crippen LogP contribution in [0.25, 0.3) is 0 Å². The maximum atomic E-state index is 13.1. The third kappa shape index (κ3) is 4.87. The number of carbonyl (C=O) groups is 1. The van der Waals surface area contributed by atoms with Gasteiger partial charge in [0.15, 0.2) is 11.5 Å². The summed E-state index contributed by atoms with van der Waals surface area (Å²) in [5, 5.41) is 0.275. The number of halogens is 1. The van der Waals surface area contributed by atoms with E-state index in [2.05, 4.69) is 13.8 Å². The number of sulfonamides is 1. The lowest BCUT2D eigenvalue weighted by molar-refractivity contribution is 0.0697. The Morgan fingerprint density at radius 3 is 2.22 bits per heavy atom. The van der Waals surface area contributed by atoms with Crippen LogP contribution in [-0.2, 0) is 10.0 Å². The summed E-state index contributed by atoms with van der Waals surface area (Å²) >= 11 is 6.22. The van der Waals surface area contributed by atoms with Gasteiger partial charge < -0.3 is 14.4 Å². The normalized spacial score (nSPS) is 16.0. The molecule has 0 aromatic heterocycles. The Balaban J connectivity index is 1.70. The van der Waals surface area contributed by atoms with E-state index in [0.717, 1.165) is 12.0 Å². The molecule has 0 radical (unpaired) electrons. The summed E-state index contributed by atoms with van der Waals surface area (Å²) in [7, 11) is -0.665. The second kappa shape index (κ2) is 10.1. The molecule has 1 amide bonds. The number of hydrogen-bond acceptors (Lipinski definition) is 5. The van der Waals surface area contributed by atoms with E-state index < -0.39 is 10.0 Å². The standard InChI is InChI=1S/C23H29ClN2O5S/c1-5-16(2)17-6-8-19(9-7-17)32(28,29)26-12-10-25(11-13-26)23(27)18-14-20(24)22(31-4)21(15-18)30-3/h6-9,14-16H,5,10-13H2,1-4H3. The van der Waals surface area contributed by atoms with Crippen LogP contribution in [0.2, 0.25) is 5.02 Å². The summed E-state index contributed by atoms with van der Waals surface area (Å²) < 4.78 is 38.0. The van der Waals surface area contributed by atoms with Crippen LogP contribution in [0.4, 0.5) is 0 Å². The maximum Gasteiger partial charge on any atom is 0.254 e. The van der Waals surface area contributed by atoms with Crippen LogP contribution < -0.4 is 9.47 Å². The molecule has 1 fully saturated rings. The Hall–Kier alpha value is -2.29. The molecule has 1 aliphatic heterocycles. The van der Waals surface area contributed by atoms with E-state index in [-0.39, 0.29) is 42.0 Å². The highest BCUT2D eigenvalue weighted by atomic mass is 35.5. The highest BCUT2D eigenvalue weighted by molar-refractivity contribution is 7.89. The van der Waals surface area contributed by atoms with Gasteiger partial charge in [0, 0.05) is 31.7 Å². The van der Waals surface area contributed by atoms with Gasteiger partial charge in [-0.05, 0) is 42.2 Å². The Labute approximate surface area is 194 Å². The van der Waals surface area contributed by atoms with Crippen molar-refractivity contribution >= 4 is 27.5 Å². The van der Waals surface area contributed by atoms with Gasteiger partial charge in [0.1, 0.15) is 0 Å². The summed E-state index contributed by atoms with van der Waals surface area (Å²) in [6.07, 6.45) is 0.993. The molecule has 0 spiro atoms. The topological polar surface area (TPSA) is 76.2 Å². The average molecular weight is 481 g/mol. The molecule has 0 aliphatic carbocycles. The lowest BCUT2D eigenvalue weighted by Gasteiger charge is -2.34. The van der Waals surface area contributed by atoms with Crippen molar-refractivity contribution in [3.8, 4) is 11.5 Å². The van der Waals surface area contributed by atoms with Crippen molar-refractivity contribution in [2.24, 2.45) is 0 Å². The average Bonchev–Trinajstić information content (AvgIpc) is 2.82. The molecular formula is C23H29ClN2O5S. The highest BCUT2D eigenvalue weighted by Crippen LogP contribution is 2.36. The molecule has 1 unspecified atom stereocenters. The summed E-state index contributed by atoms with van der Waals surface area (Å²) in [5.41, 5.74) is 1.49. The van der Waals surface area contributed by atoms with Gasteiger partial charge in [-0.1, -0.05) is 37.6 Å². The fraction of sp³-hybridized carbons (Fsp3) is 0.435. The van der Waals surface area contributed by atoms with Gasteiger partial charge in [-0.3, -0.25) is 4.79 Å². The SMILES string of the molecule is CCC(C)c1ccc(S(=O)(=O)N2CCN(C(=O)c3cc(Cl)c(OC)c(OC)c3)CC2)cc1. The number of ether oxygens (including phenoxy) is 2. The van der Waals surface area contributed by atoms with E-state index in [9.17, 15) is 13.2 Å². The number of methoxy groups -OCH3 is 2. The largest absolute Gasteiger partial charge is 0.493 e. The minimum Gasteiger partial charge on any atom is -0.493 e. The van der Waals surface area contributed by atoms with E-state index in [1.54, 1.807) is 23.1 Å². The zero-order valence-corrected chi connectivity index (χ0v) is 20.4. The first-order valence-corrected chi connectivity index (χ1v) is 12.4. The lowest BCUT2D eigenvalue weighted by atomic mass is 9.99. The van der Waals surface area contributed by atoms with Crippen molar-refractivity contribution in [3.05, 3.63) is 52.5 Å². The number of benzene rings is 2. The minimum absolute atomic E-state index is 0.224. The summed E-state index contributed by atoms with van der Waals surface area (Å²) in [6, 6.07) is 10.2. The van der Waals surface area contributed by atoms with Crippen LogP contribution >= 0.6 is 11.6 Å². The quantitative estimate of drug-likeness (QED) is 0.598. The van der Waals surface area contributed by atoms with E-state index >= 15 is 0 Å². The van der Waals surface area contributed by atoms with Crippen LogP contribution in [0, 0.1) is 0 Å². The Morgan fingerprint density at radius 1 is 1.06 bits per heavy atom. The van der Waals surface area contributed by atoms with Crippen LogP contribution in [-0.4, -0.2) is 63.9 Å². The predicted molar refractivity (Wildman–Crippen MR) is 124 cm³/mol. The van der Waals surface area contributed by atoms with Crippen LogP contribution in [0.15, 0.2) is 41.3 Å². The van der Waals surface area contributed by atoms with Crippen molar-refractivity contribution in [2.75, 3.05) is 40.4 Å². The van der Waals surface area contributed by atoms with Crippen molar-refractivity contribution in [1.82, 2.24) is 9.21 Å². The fourth-order valence-electron chi connectivity index (χ4n) is 3.71. The lowest BCUT2D eigenvalue weighted by Crippen LogP contribution is -2.50. The van der Waals surface area contributed by atoms with Gasteiger partial charge in [-0.25, -0.2) is 8.42 Å². The number of nitrogens with zero attached hydrogens (tertiary/aromatic N) is 2. The van der Waals surface area contributed by atoms with Gasteiger partial charge >= 0.3 is 0 Å². The molecule has 3 rings (SSSR count). The number of piperazine rings is 1. The Kier molecular flexibility index (Phi) is 7.69. The van der Waals surface area contributed by atoms with Gasteiger partial charge in [-0.15, -0.1) is 0 Å². The molecule has 1 aliphatic rings. The van der Waals surface area contributed by atoms with Crippen LogP contribution in [0.1, 0.15) is 42.1 Å². The second-order valence-electron chi connectivity index (χ2n) is 7.77. The molecule has 2 aromatic carbocycles. The molecular weight excluding hydrogens is 452 g/mol. The molecule has 174 valence electrons. The predicted octanol–water partition coefficient (Wildman–Crippen LogP) is 4.02. The monoisotopic (exact) mass is 480 g/mol. The van der Waals surface area contributed by atoms with Gasteiger partial charge in [-0.2, -0.15) is 4.31 Å². The molecule has 1 heterocycles. The molecule has 0 saturated carbocycles. The first-order valence-electron chi connectivity index (χ1n) is 10.5. The van der Waals surface area contributed by atoms with E-state index in [1.165, 1.54) is 24.6 Å². The van der Waals surface area contributed by atoms with Crippen LogP contribution in [0.3, 0.4) is 0 Å². The second-order valence-corrected chi connectivity index (χ2v) is 10.1. The molecule has 1 atom stereocenters. The number of carbonyl (C=O) groups excluding carboxylic acids is 1. The van der Waals surface area contributed by atoms with Crippen molar-refractivity contribution in [1.29, 1.82) is 0 Å². The molecule has 0 N–H and O–H groups in total. The Bertz CT molecular complexity index is 1060.